The number of aromatic nitrogens is 2. The summed E-state index contributed by atoms with van der Waals surface area (Å²) in [6.07, 6.45) is 6.59. The van der Waals surface area contributed by atoms with Gasteiger partial charge < -0.3 is 15.0 Å². The summed E-state index contributed by atoms with van der Waals surface area (Å²) in [5.74, 6) is 1.46. The van der Waals surface area contributed by atoms with Gasteiger partial charge in [0.25, 0.3) is 5.88 Å². The number of rotatable bonds is 4. The van der Waals surface area contributed by atoms with E-state index in [1.165, 1.54) is 12.8 Å². The van der Waals surface area contributed by atoms with Gasteiger partial charge in [0.1, 0.15) is 0 Å². The molecule has 1 aliphatic carbocycles. The van der Waals surface area contributed by atoms with E-state index < -0.39 is 0 Å². The molecule has 2 heterocycles. The number of carbonyl (C=O) groups excluding carboxylic acids is 1. The Morgan fingerprint density at radius 3 is 2.58 bits per heavy atom. The average Bonchev–Trinajstić information content (AvgIpc) is 3.20. The zero-order chi connectivity index (χ0) is 17.9. The summed E-state index contributed by atoms with van der Waals surface area (Å²) >= 11 is 0. The van der Waals surface area contributed by atoms with Crippen molar-refractivity contribution >= 4 is 22.8 Å². The summed E-state index contributed by atoms with van der Waals surface area (Å²) < 4.78 is 5.49. The van der Waals surface area contributed by atoms with Crippen LogP contribution >= 0.6 is 0 Å². The fraction of sp³-hybridized carbons (Fsp3) is 0.550. The number of ether oxygens (including phenoxy) is 1. The van der Waals surface area contributed by atoms with Crippen LogP contribution in [0.5, 0.6) is 5.88 Å². The number of hydrogen-bond donors (Lipinski definition) is 1. The number of hydrogen-bond acceptors (Lipinski definition) is 5. The first-order valence-corrected chi connectivity index (χ1v) is 9.60. The first-order chi connectivity index (χ1) is 12.7. The van der Waals surface area contributed by atoms with Crippen LogP contribution in [0.2, 0.25) is 0 Å². The smallest absolute Gasteiger partial charge is 0.257 e. The number of carbonyl (C=O) groups is 1. The van der Waals surface area contributed by atoms with Gasteiger partial charge in [-0.15, -0.1) is 0 Å². The Labute approximate surface area is 154 Å². The van der Waals surface area contributed by atoms with E-state index in [4.69, 9.17) is 9.72 Å². The predicted molar refractivity (Wildman–Crippen MR) is 101 cm³/mol. The lowest BCUT2D eigenvalue weighted by molar-refractivity contribution is -0.125. The van der Waals surface area contributed by atoms with E-state index in [2.05, 4.69) is 15.2 Å². The summed E-state index contributed by atoms with van der Waals surface area (Å²) in [5.41, 5.74) is 1.67. The van der Waals surface area contributed by atoms with E-state index in [9.17, 15) is 4.79 Å². The minimum atomic E-state index is 0.00215. The van der Waals surface area contributed by atoms with Crippen LogP contribution in [-0.2, 0) is 4.79 Å². The monoisotopic (exact) mass is 354 g/mol. The molecule has 0 radical (unpaired) electrons. The molecule has 138 valence electrons. The zero-order valence-electron chi connectivity index (χ0n) is 15.3. The quantitative estimate of drug-likeness (QED) is 0.914. The van der Waals surface area contributed by atoms with Gasteiger partial charge in [0, 0.05) is 19.1 Å². The van der Waals surface area contributed by atoms with Crippen LogP contribution in [0.15, 0.2) is 24.3 Å². The molecule has 26 heavy (non-hydrogen) atoms. The van der Waals surface area contributed by atoms with Crippen molar-refractivity contribution in [3.8, 4) is 5.88 Å². The molecule has 1 aromatic carbocycles. The number of para-hydroxylation sites is 2. The van der Waals surface area contributed by atoms with Crippen molar-refractivity contribution in [3.63, 3.8) is 0 Å². The van der Waals surface area contributed by atoms with Gasteiger partial charge >= 0.3 is 0 Å². The summed E-state index contributed by atoms with van der Waals surface area (Å²) in [5, 5.41) is 3.25. The van der Waals surface area contributed by atoms with Crippen LogP contribution < -0.4 is 15.0 Å². The molecule has 0 spiro atoms. The predicted octanol–water partition coefficient (Wildman–Crippen LogP) is 2.91. The van der Waals surface area contributed by atoms with E-state index in [1.807, 2.05) is 24.3 Å². The molecule has 1 N–H and O–H groups in total. The van der Waals surface area contributed by atoms with Gasteiger partial charge in [-0.2, -0.15) is 0 Å². The molecular formula is C20H26N4O2. The molecule has 1 saturated heterocycles. The maximum atomic E-state index is 12.7. The lowest BCUT2D eigenvalue weighted by atomic mass is 9.96. The second kappa shape index (κ2) is 7.48. The Hall–Kier alpha value is -2.37. The first kappa shape index (κ1) is 17.1. The second-order valence-corrected chi connectivity index (χ2v) is 7.32. The Balaban J connectivity index is 1.53. The molecule has 6 heteroatoms. The van der Waals surface area contributed by atoms with Gasteiger partial charge in [-0.25, -0.2) is 9.97 Å². The fourth-order valence-electron chi connectivity index (χ4n) is 4.09. The topological polar surface area (TPSA) is 67.4 Å². The average molecular weight is 354 g/mol. The Morgan fingerprint density at radius 2 is 1.85 bits per heavy atom. The van der Waals surface area contributed by atoms with Crippen LogP contribution in [0.4, 0.5) is 5.82 Å². The van der Waals surface area contributed by atoms with Crippen molar-refractivity contribution in [1.29, 1.82) is 0 Å². The highest BCUT2D eigenvalue weighted by Crippen LogP contribution is 2.30. The third-order valence-corrected chi connectivity index (χ3v) is 5.51. The van der Waals surface area contributed by atoms with E-state index in [1.54, 1.807) is 7.11 Å². The van der Waals surface area contributed by atoms with E-state index in [0.717, 1.165) is 49.1 Å². The number of fused-ring (bicyclic) bond motifs is 1. The second-order valence-electron chi connectivity index (χ2n) is 7.32. The van der Waals surface area contributed by atoms with Crippen molar-refractivity contribution in [2.45, 2.75) is 44.6 Å². The molecule has 0 bridgehead atoms. The molecule has 2 aromatic rings. The van der Waals surface area contributed by atoms with Crippen LogP contribution in [0.1, 0.15) is 38.5 Å². The van der Waals surface area contributed by atoms with Crippen molar-refractivity contribution in [2.24, 2.45) is 5.92 Å². The van der Waals surface area contributed by atoms with Crippen LogP contribution in [0.3, 0.4) is 0 Å². The maximum Gasteiger partial charge on any atom is 0.257 e. The summed E-state index contributed by atoms with van der Waals surface area (Å²) in [7, 11) is 1.62. The molecule has 1 aliphatic heterocycles. The molecule has 2 aliphatic rings. The van der Waals surface area contributed by atoms with Crippen molar-refractivity contribution in [2.75, 3.05) is 25.1 Å². The van der Waals surface area contributed by atoms with Crippen molar-refractivity contribution < 1.29 is 9.53 Å². The number of piperidine rings is 1. The highest BCUT2D eigenvalue weighted by molar-refractivity contribution is 5.81. The molecule has 4 rings (SSSR count). The molecule has 1 atom stereocenters. The molecule has 6 nitrogen and oxygen atoms in total. The molecule has 0 unspecified atom stereocenters. The number of methoxy groups -OCH3 is 1. The third kappa shape index (κ3) is 3.45. The molecule has 1 aromatic heterocycles. The number of amides is 1. The largest absolute Gasteiger partial charge is 0.478 e. The Kier molecular flexibility index (Phi) is 4.91. The molecule has 1 amide bonds. The third-order valence-electron chi connectivity index (χ3n) is 5.51. The van der Waals surface area contributed by atoms with Gasteiger partial charge in [0.2, 0.25) is 5.91 Å². The minimum absolute atomic E-state index is 0.00215. The van der Waals surface area contributed by atoms with E-state index in [0.29, 0.717) is 18.5 Å². The Morgan fingerprint density at radius 1 is 1.12 bits per heavy atom. The zero-order valence-corrected chi connectivity index (χ0v) is 15.3. The Bertz CT molecular complexity index is 788. The van der Waals surface area contributed by atoms with E-state index >= 15 is 0 Å². The summed E-state index contributed by atoms with van der Waals surface area (Å²) in [4.78, 5) is 24.2. The normalized spacial score (nSPS) is 21.1. The van der Waals surface area contributed by atoms with Gasteiger partial charge in [-0.3, -0.25) is 4.79 Å². The van der Waals surface area contributed by atoms with Gasteiger partial charge in [0.15, 0.2) is 5.82 Å². The SMILES string of the molecule is COc1nc2ccccc2nc1N1CCC[C@H](C(=O)NC2CCCC2)C1. The van der Waals surface area contributed by atoms with Crippen LogP contribution in [-0.4, -0.2) is 42.1 Å². The lowest BCUT2D eigenvalue weighted by Crippen LogP contribution is -2.45. The number of nitrogens with one attached hydrogen (secondary N) is 1. The van der Waals surface area contributed by atoms with Crippen molar-refractivity contribution in [3.05, 3.63) is 24.3 Å². The standard InChI is InChI=1S/C20H26N4O2/c1-26-20-18(22-16-10-4-5-11-17(16)23-20)24-12-6-7-14(13-24)19(25)21-15-8-2-3-9-15/h4-5,10-11,14-15H,2-3,6-9,12-13H2,1H3,(H,21,25)/t14-/m0/s1. The van der Waals surface area contributed by atoms with Gasteiger partial charge in [-0.05, 0) is 37.8 Å². The maximum absolute atomic E-state index is 12.7. The summed E-state index contributed by atoms with van der Waals surface area (Å²) in [6, 6.07) is 8.16. The van der Waals surface area contributed by atoms with Crippen LogP contribution in [0, 0.1) is 5.92 Å². The molecular weight excluding hydrogens is 328 g/mol. The number of anilines is 1. The number of benzene rings is 1. The number of nitrogens with zero attached hydrogens (tertiary/aromatic N) is 3. The lowest BCUT2D eigenvalue weighted by Gasteiger charge is -2.33. The van der Waals surface area contributed by atoms with E-state index in [-0.39, 0.29) is 11.8 Å². The van der Waals surface area contributed by atoms with Crippen molar-refractivity contribution in [1.82, 2.24) is 15.3 Å². The summed E-state index contributed by atoms with van der Waals surface area (Å²) in [6.45, 7) is 1.54. The molecule has 2 fully saturated rings. The molecule has 1 saturated carbocycles. The highest BCUT2D eigenvalue weighted by Gasteiger charge is 2.30. The van der Waals surface area contributed by atoms with Gasteiger partial charge in [-0.1, -0.05) is 25.0 Å². The highest BCUT2D eigenvalue weighted by atomic mass is 16.5. The van der Waals surface area contributed by atoms with Crippen LogP contribution in [0.25, 0.3) is 11.0 Å². The first-order valence-electron chi connectivity index (χ1n) is 9.60. The fourth-order valence-corrected chi connectivity index (χ4v) is 4.09. The van der Waals surface area contributed by atoms with Gasteiger partial charge in [0.05, 0.1) is 24.1 Å². The minimum Gasteiger partial charge on any atom is -0.478 e.